The molecule has 0 unspecified atom stereocenters. The van der Waals surface area contributed by atoms with Crippen molar-refractivity contribution in [2.75, 3.05) is 9.80 Å². The van der Waals surface area contributed by atoms with Crippen molar-refractivity contribution in [1.29, 1.82) is 0 Å². The van der Waals surface area contributed by atoms with Crippen LogP contribution in [0.2, 0.25) is 0 Å². The number of hydrogen-bond acceptors (Lipinski definition) is 2. The highest BCUT2D eigenvalue weighted by Gasteiger charge is 2.36. The van der Waals surface area contributed by atoms with Gasteiger partial charge in [0.05, 0.1) is 5.69 Å². The number of rotatable bonds is 10. The first-order valence-corrected chi connectivity index (χ1v) is 25.3. The lowest BCUT2D eigenvalue weighted by Crippen LogP contribution is -2.16. The zero-order chi connectivity index (χ0) is 48.9. The van der Waals surface area contributed by atoms with Gasteiger partial charge in [0.15, 0.2) is 0 Å². The van der Waals surface area contributed by atoms with Crippen molar-refractivity contribution in [3.63, 3.8) is 0 Å². The third-order valence-corrected chi connectivity index (χ3v) is 15.1. The van der Waals surface area contributed by atoms with Crippen molar-refractivity contribution in [2.24, 2.45) is 0 Å². The van der Waals surface area contributed by atoms with E-state index in [1.165, 1.54) is 82.7 Å². The summed E-state index contributed by atoms with van der Waals surface area (Å²) in [5, 5.41) is 4.85. The predicted molar refractivity (Wildman–Crippen MR) is 310 cm³/mol. The van der Waals surface area contributed by atoms with Gasteiger partial charge < -0.3 is 9.80 Å². The number of benzene rings is 12. The highest BCUT2D eigenvalue weighted by molar-refractivity contribution is 6.19. The van der Waals surface area contributed by atoms with Crippen LogP contribution < -0.4 is 9.80 Å². The van der Waals surface area contributed by atoms with Gasteiger partial charge in [-0.05, 0) is 150 Å². The van der Waals surface area contributed by atoms with Gasteiger partial charge in [0, 0.05) is 39.2 Å². The Morgan fingerprint density at radius 1 is 0.260 bits per heavy atom. The molecule has 12 aromatic rings. The molecule has 13 rings (SSSR count). The molecule has 0 aliphatic heterocycles. The highest BCUT2D eigenvalue weighted by atomic mass is 15.1. The summed E-state index contributed by atoms with van der Waals surface area (Å²) in [5.41, 5.74) is 21.4. The van der Waals surface area contributed by atoms with Gasteiger partial charge in [-0.1, -0.05) is 226 Å². The molecule has 1 aliphatic rings. The van der Waals surface area contributed by atoms with E-state index >= 15 is 0 Å². The summed E-state index contributed by atoms with van der Waals surface area (Å²) >= 11 is 0. The van der Waals surface area contributed by atoms with Crippen molar-refractivity contribution in [2.45, 2.75) is 19.3 Å². The van der Waals surface area contributed by atoms with Crippen LogP contribution in [-0.2, 0) is 5.41 Å². The molecule has 0 saturated heterocycles. The van der Waals surface area contributed by atoms with Gasteiger partial charge in [0.2, 0.25) is 0 Å². The average Bonchev–Trinajstić information content (AvgIpc) is 3.69. The lowest BCUT2D eigenvalue weighted by Gasteiger charge is -2.30. The summed E-state index contributed by atoms with van der Waals surface area (Å²) in [6.45, 7) is 4.73. The molecular weight excluding hydrogens is 881 g/mol. The van der Waals surface area contributed by atoms with Crippen molar-refractivity contribution < 1.29 is 0 Å². The second kappa shape index (κ2) is 18.2. The molecular formula is C71H52N2. The van der Waals surface area contributed by atoms with Crippen molar-refractivity contribution in [3.8, 4) is 55.6 Å². The maximum atomic E-state index is 2.49. The minimum absolute atomic E-state index is 0.150. The topological polar surface area (TPSA) is 6.48 Å². The first-order chi connectivity index (χ1) is 36.0. The van der Waals surface area contributed by atoms with Crippen LogP contribution in [0.4, 0.5) is 34.1 Å². The summed E-state index contributed by atoms with van der Waals surface area (Å²) < 4.78 is 0. The summed E-state index contributed by atoms with van der Waals surface area (Å²) in [6, 6.07) is 102. The lowest BCUT2D eigenvalue weighted by molar-refractivity contribution is 0.660. The molecule has 0 radical (unpaired) electrons. The van der Waals surface area contributed by atoms with Crippen molar-refractivity contribution in [1.82, 2.24) is 0 Å². The molecule has 0 N–H and O–H groups in total. The Morgan fingerprint density at radius 2 is 0.671 bits per heavy atom. The van der Waals surface area contributed by atoms with Crippen molar-refractivity contribution in [3.05, 3.63) is 290 Å². The van der Waals surface area contributed by atoms with Gasteiger partial charge in [-0.3, -0.25) is 0 Å². The molecule has 12 aromatic carbocycles. The smallest absolute Gasteiger partial charge is 0.0546 e. The molecule has 0 atom stereocenters. The van der Waals surface area contributed by atoms with Crippen LogP contribution in [0.1, 0.15) is 25.0 Å². The Morgan fingerprint density at radius 3 is 1.22 bits per heavy atom. The predicted octanol–water partition coefficient (Wildman–Crippen LogP) is 19.9. The Hall–Kier alpha value is -9.24. The SMILES string of the molecule is CC1(C)c2ccccc2-c2ccc(N(c3ccc(-c4ccccc4)cc3)c3ccc(-c4ccc(N(c5ccc(-c6ccccc6)cc5)c5ccc(-c6ccccc6)cc5)cc4)c4ccc5ccccc5c34)cc21. The molecule has 0 saturated carbocycles. The number of nitrogens with zero attached hydrogens (tertiary/aromatic N) is 2. The minimum Gasteiger partial charge on any atom is -0.311 e. The van der Waals surface area contributed by atoms with Gasteiger partial charge in [-0.2, -0.15) is 0 Å². The molecule has 0 bridgehead atoms. The Balaban J connectivity index is 0.945. The second-order valence-electron chi connectivity index (χ2n) is 19.7. The summed E-state index contributed by atoms with van der Waals surface area (Å²) in [5.74, 6) is 0. The standard InChI is InChI=1S/C71H52N2/c1-71(2)67-25-15-14-24-64(67)65-45-43-61(48-68(65)71)73(60-39-30-54(31-40-60)51-20-10-5-11-21-51)69-47-46-62(66-44-34-55-22-12-13-23-63(55)70(66)69)56-32-41-59(42-33-56)72(57-35-26-52(27-36-57)49-16-6-3-7-17-49)58-37-28-53(29-38-58)50-18-8-4-9-19-50/h3-48H,1-2H3. The fourth-order valence-corrected chi connectivity index (χ4v) is 11.3. The van der Waals surface area contributed by atoms with Gasteiger partial charge in [-0.25, -0.2) is 0 Å². The zero-order valence-corrected chi connectivity index (χ0v) is 41.0. The van der Waals surface area contributed by atoms with Crippen molar-refractivity contribution >= 4 is 55.7 Å². The van der Waals surface area contributed by atoms with E-state index in [1.54, 1.807) is 0 Å². The van der Waals surface area contributed by atoms with E-state index in [-0.39, 0.29) is 5.41 Å². The Kier molecular flexibility index (Phi) is 10.9. The minimum atomic E-state index is -0.150. The van der Waals surface area contributed by atoms with E-state index in [2.05, 4.69) is 303 Å². The molecule has 73 heavy (non-hydrogen) atoms. The number of fused-ring (bicyclic) bond motifs is 6. The van der Waals surface area contributed by atoms with E-state index in [4.69, 9.17) is 0 Å². The Labute approximate surface area is 428 Å². The number of anilines is 6. The average molecular weight is 933 g/mol. The van der Waals surface area contributed by atoms with Crippen LogP contribution in [0.5, 0.6) is 0 Å². The third-order valence-electron chi connectivity index (χ3n) is 15.1. The molecule has 1 aliphatic carbocycles. The van der Waals surface area contributed by atoms with Crippen LogP contribution in [0.25, 0.3) is 77.2 Å². The van der Waals surface area contributed by atoms with Gasteiger partial charge in [-0.15, -0.1) is 0 Å². The largest absolute Gasteiger partial charge is 0.311 e. The summed E-state index contributed by atoms with van der Waals surface area (Å²) in [4.78, 5) is 4.85. The number of hydrogen-bond donors (Lipinski definition) is 0. The summed E-state index contributed by atoms with van der Waals surface area (Å²) in [7, 11) is 0. The van der Waals surface area contributed by atoms with Gasteiger partial charge >= 0.3 is 0 Å². The van der Waals surface area contributed by atoms with Crippen LogP contribution in [0.3, 0.4) is 0 Å². The van der Waals surface area contributed by atoms with E-state index in [9.17, 15) is 0 Å². The van der Waals surface area contributed by atoms with Crippen LogP contribution in [-0.4, -0.2) is 0 Å². The maximum absolute atomic E-state index is 2.49. The van der Waals surface area contributed by atoms with E-state index in [0.29, 0.717) is 0 Å². The first-order valence-electron chi connectivity index (χ1n) is 25.3. The highest BCUT2D eigenvalue weighted by Crippen LogP contribution is 2.52. The van der Waals surface area contributed by atoms with Crippen LogP contribution >= 0.6 is 0 Å². The third kappa shape index (κ3) is 7.85. The molecule has 0 aromatic heterocycles. The van der Waals surface area contributed by atoms with E-state index < -0.39 is 0 Å². The fraction of sp³-hybridized carbons (Fsp3) is 0.0423. The monoisotopic (exact) mass is 932 g/mol. The van der Waals surface area contributed by atoms with E-state index in [0.717, 1.165) is 39.7 Å². The van der Waals surface area contributed by atoms with Gasteiger partial charge in [0.25, 0.3) is 0 Å². The lowest BCUT2D eigenvalue weighted by atomic mass is 9.82. The normalized spacial score (nSPS) is 12.4. The van der Waals surface area contributed by atoms with Gasteiger partial charge in [0.1, 0.15) is 0 Å². The molecule has 0 amide bonds. The zero-order valence-electron chi connectivity index (χ0n) is 41.0. The molecule has 0 fully saturated rings. The quantitative estimate of drug-likeness (QED) is 0.126. The fourth-order valence-electron chi connectivity index (χ4n) is 11.3. The molecule has 0 heterocycles. The van der Waals surface area contributed by atoms with Crippen LogP contribution in [0, 0.1) is 0 Å². The molecule has 2 heteroatoms. The molecule has 0 spiro atoms. The maximum Gasteiger partial charge on any atom is 0.0546 e. The summed E-state index contributed by atoms with van der Waals surface area (Å²) in [6.07, 6.45) is 0. The van der Waals surface area contributed by atoms with Crippen LogP contribution in [0.15, 0.2) is 279 Å². The Bertz CT molecular complexity index is 3850. The molecule has 346 valence electrons. The second-order valence-corrected chi connectivity index (χ2v) is 19.7. The van der Waals surface area contributed by atoms with E-state index in [1.807, 2.05) is 0 Å². The molecule has 2 nitrogen and oxygen atoms in total. The first kappa shape index (κ1) is 43.8.